The number of thioether (sulfide) groups is 2. The van der Waals surface area contributed by atoms with Crippen LogP contribution in [-0.2, 0) is 0 Å². The highest BCUT2D eigenvalue weighted by molar-refractivity contribution is 8.16. The Morgan fingerprint density at radius 3 is 2.69 bits per heavy atom. The SMILES string of the molecule is O=C(NCCOc1ccc(F)cc1)Nc1cccc(C2SCCCS2)c1. The minimum atomic E-state index is -0.304. The normalized spacial score (nSPS) is 14.7. The maximum absolute atomic E-state index is 12.8. The van der Waals surface area contributed by atoms with E-state index in [9.17, 15) is 9.18 Å². The van der Waals surface area contributed by atoms with Gasteiger partial charge in [-0.1, -0.05) is 12.1 Å². The van der Waals surface area contributed by atoms with Gasteiger partial charge in [0.25, 0.3) is 0 Å². The van der Waals surface area contributed by atoms with Crippen molar-refractivity contribution in [1.82, 2.24) is 5.32 Å². The van der Waals surface area contributed by atoms with E-state index < -0.39 is 0 Å². The van der Waals surface area contributed by atoms with E-state index in [1.165, 1.54) is 35.6 Å². The first-order chi connectivity index (χ1) is 12.7. The van der Waals surface area contributed by atoms with E-state index in [1.54, 1.807) is 12.1 Å². The third-order valence-electron chi connectivity index (χ3n) is 3.71. The number of anilines is 1. The molecule has 1 heterocycles. The summed E-state index contributed by atoms with van der Waals surface area (Å²) in [4.78, 5) is 12.0. The summed E-state index contributed by atoms with van der Waals surface area (Å²) >= 11 is 3.91. The van der Waals surface area contributed by atoms with Gasteiger partial charge in [0.05, 0.1) is 11.1 Å². The molecule has 1 fully saturated rings. The first kappa shape index (κ1) is 18.9. The summed E-state index contributed by atoms with van der Waals surface area (Å²) < 4.78 is 18.7. The summed E-state index contributed by atoms with van der Waals surface area (Å²) in [5.74, 6) is 2.64. The molecular formula is C19H21FN2O2S2. The summed E-state index contributed by atoms with van der Waals surface area (Å²) in [6.07, 6.45) is 1.26. The van der Waals surface area contributed by atoms with Crippen LogP contribution in [0.15, 0.2) is 48.5 Å². The zero-order valence-corrected chi connectivity index (χ0v) is 15.9. The number of carbonyl (C=O) groups excluding carboxylic acids is 1. The molecule has 4 nitrogen and oxygen atoms in total. The van der Waals surface area contributed by atoms with Crippen LogP contribution in [0.3, 0.4) is 0 Å². The highest BCUT2D eigenvalue weighted by Gasteiger charge is 2.16. The molecule has 0 unspecified atom stereocenters. The van der Waals surface area contributed by atoms with Gasteiger partial charge in [-0.2, -0.15) is 0 Å². The monoisotopic (exact) mass is 392 g/mol. The van der Waals surface area contributed by atoms with E-state index in [4.69, 9.17) is 4.74 Å². The fourth-order valence-corrected chi connectivity index (χ4v) is 5.36. The summed E-state index contributed by atoms with van der Waals surface area (Å²) in [7, 11) is 0. The number of rotatable bonds is 6. The van der Waals surface area contributed by atoms with Gasteiger partial charge >= 0.3 is 6.03 Å². The lowest BCUT2D eigenvalue weighted by Crippen LogP contribution is -2.32. The number of hydrogen-bond acceptors (Lipinski definition) is 4. The van der Waals surface area contributed by atoms with E-state index in [-0.39, 0.29) is 11.8 Å². The Hall–Kier alpha value is -1.86. The maximum Gasteiger partial charge on any atom is 0.319 e. The second kappa shape index (κ2) is 9.73. The molecular weight excluding hydrogens is 371 g/mol. The Labute approximate surface area is 161 Å². The number of urea groups is 1. The number of halogens is 1. The number of benzene rings is 2. The van der Waals surface area contributed by atoms with Crippen LogP contribution in [-0.4, -0.2) is 30.7 Å². The molecule has 0 aromatic heterocycles. The van der Waals surface area contributed by atoms with Crippen LogP contribution >= 0.6 is 23.5 Å². The lowest BCUT2D eigenvalue weighted by Gasteiger charge is -2.21. The largest absolute Gasteiger partial charge is 0.492 e. The molecule has 2 aromatic carbocycles. The number of amides is 2. The quantitative estimate of drug-likeness (QED) is 0.687. The first-order valence-electron chi connectivity index (χ1n) is 8.47. The van der Waals surface area contributed by atoms with E-state index in [0.717, 1.165) is 5.69 Å². The number of carbonyl (C=O) groups is 1. The van der Waals surface area contributed by atoms with Crippen LogP contribution in [0, 0.1) is 5.82 Å². The van der Waals surface area contributed by atoms with Crippen molar-refractivity contribution in [3.63, 3.8) is 0 Å². The molecule has 2 N–H and O–H groups in total. The smallest absolute Gasteiger partial charge is 0.319 e. The van der Waals surface area contributed by atoms with Crippen molar-refractivity contribution in [2.24, 2.45) is 0 Å². The molecule has 1 aliphatic rings. The number of nitrogens with one attached hydrogen (secondary N) is 2. The lowest BCUT2D eigenvalue weighted by atomic mass is 10.2. The molecule has 0 saturated carbocycles. The summed E-state index contributed by atoms with van der Waals surface area (Å²) in [5.41, 5.74) is 2.02. The van der Waals surface area contributed by atoms with Gasteiger partial charge < -0.3 is 15.4 Å². The third kappa shape index (κ3) is 5.85. The molecule has 26 heavy (non-hydrogen) atoms. The minimum absolute atomic E-state index is 0.270. The fraction of sp³-hybridized carbons (Fsp3) is 0.316. The van der Waals surface area contributed by atoms with Gasteiger partial charge in [-0.05, 0) is 59.9 Å². The van der Waals surface area contributed by atoms with Crippen LogP contribution in [0.4, 0.5) is 14.9 Å². The highest BCUT2D eigenvalue weighted by atomic mass is 32.2. The van der Waals surface area contributed by atoms with Crippen LogP contribution in [0.5, 0.6) is 5.75 Å². The molecule has 0 bridgehead atoms. The van der Waals surface area contributed by atoms with Crippen molar-refractivity contribution in [2.45, 2.75) is 11.0 Å². The van der Waals surface area contributed by atoms with Gasteiger partial charge in [-0.25, -0.2) is 9.18 Å². The van der Waals surface area contributed by atoms with Crippen molar-refractivity contribution in [3.8, 4) is 5.75 Å². The molecule has 138 valence electrons. The Bertz CT molecular complexity index is 722. The molecule has 0 aliphatic carbocycles. The van der Waals surface area contributed by atoms with E-state index in [1.807, 2.05) is 41.7 Å². The Kier molecular flexibility index (Phi) is 7.08. The fourth-order valence-electron chi connectivity index (χ4n) is 2.48. The minimum Gasteiger partial charge on any atom is -0.492 e. The maximum atomic E-state index is 12.8. The van der Waals surface area contributed by atoms with Crippen LogP contribution in [0.1, 0.15) is 16.6 Å². The van der Waals surface area contributed by atoms with Crippen LogP contribution in [0.2, 0.25) is 0 Å². The van der Waals surface area contributed by atoms with Crippen LogP contribution < -0.4 is 15.4 Å². The summed E-state index contributed by atoms with van der Waals surface area (Å²) in [6.45, 7) is 0.672. The molecule has 0 atom stereocenters. The van der Waals surface area contributed by atoms with Gasteiger partial charge in [0, 0.05) is 5.69 Å². The number of ether oxygens (including phenoxy) is 1. The van der Waals surface area contributed by atoms with E-state index in [0.29, 0.717) is 23.5 Å². The third-order valence-corrected chi connectivity index (χ3v) is 6.73. The number of hydrogen-bond donors (Lipinski definition) is 2. The zero-order valence-electron chi connectivity index (χ0n) is 14.2. The molecule has 0 spiro atoms. The van der Waals surface area contributed by atoms with Gasteiger partial charge in [0.2, 0.25) is 0 Å². The highest BCUT2D eigenvalue weighted by Crippen LogP contribution is 2.43. The van der Waals surface area contributed by atoms with Crippen molar-refractivity contribution in [1.29, 1.82) is 0 Å². The molecule has 0 radical (unpaired) electrons. The molecule has 2 aromatic rings. The Morgan fingerprint density at radius 2 is 1.92 bits per heavy atom. The first-order valence-corrected chi connectivity index (χ1v) is 10.6. The van der Waals surface area contributed by atoms with Gasteiger partial charge in [0.1, 0.15) is 18.2 Å². The molecule has 1 saturated heterocycles. The second-order valence-electron chi connectivity index (χ2n) is 5.74. The predicted octanol–water partition coefficient (Wildman–Crippen LogP) is 4.89. The summed E-state index contributed by atoms with van der Waals surface area (Å²) in [6, 6.07) is 13.5. The average Bonchev–Trinajstić information content (AvgIpc) is 2.67. The Balaban J connectivity index is 1.42. The Morgan fingerprint density at radius 1 is 1.15 bits per heavy atom. The van der Waals surface area contributed by atoms with Crippen molar-refractivity contribution >= 4 is 35.2 Å². The lowest BCUT2D eigenvalue weighted by molar-refractivity contribution is 0.247. The second-order valence-corrected chi connectivity index (χ2v) is 8.46. The molecule has 7 heteroatoms. The molecule has 1 aliphatic heterocycles. The van der Waals surface area contributed by atoms with Crippen molar-refractivity contribution < 1.29 is 13.9 Å². The van der Waals surface area contributed by atoms with Gasteiger partial charge in [0.15, 0.2) is 0 Å². The summed E-state index contributed by atoms with van der Waals surface area (Å²) in [5, 5.41) is 5.61. The van der Waals surface area contributed by atoms with E-state index in [2.05, 4.69) is 16.7 Å². The topological polar surface area (TPSA) is 50.4 Å². The standard InChI is InChI=1S/C19H21FN2O2S2/c20-15-5-7-17(8-6-15)24-10-9-21-19(23)22-16-4-1-3-14(13-16)18-25-11-2-12-26-18/h1,3-8,13,18H,2,9-12H2,(H2,21,22,23). The molecule has 2 amide bonds. The van der Waals surface area contributed by atoms with Gasteiger partial charge in [-0.15, -0.1) is 23.5 Å². The van der Waals surface area contributed by atoms with E-state index >= 15 is 0 Å². The van der Waals surface area contributed by atoms with Gasteiger partial charge in [-0.3, -0.25) is 0 Å². The predicted molar refractivity (Wildman–Crippen MR) is 108 cm³/mol. The zero-order chi connectivity index (χ0) is 18.2. The molecule has 3 rings (SSSR count). The van der Waals surface area contributed by atoms with Crippen LogP contribution in [0.25, 0.3) is 0 Å². The van der Waals surface area contributed by atoms with Crippen molar-refractivity contribution in [2.75, 3.05) is 30.0 Å². The average molecular weight is 393 g/mol. The van der Waals surface area contributed by atoms with Crippen molar-refractivity contribution in [3.05, 3.63) is 59.9 Å².